The highest BCUT2D eigenvalue weighted by atomic mass is 35.5. The Morgan fingerprint density at radius 3 is 2.62 bits per heavy atom. The minimum Gasteiger partial charge on any atom is -0.351 e. The van der Waals surface area contributed by atoms with E-state index in [-0.39, 0.29) is 5.91 Å². The lowest BCUT2D eigenvalue weighted by Crippen LogP contribution is -2.48. The van der Waals surface area contributed by atoms with Crippen molar-refractivity contribution in [2.75, 3.05) is 26.2 Å². The Labute approximate surface area is 160 Å². The maximum atomic E-state index is 12.3. The molecule has 1 amide bonds. The minimum atomic E-state index is -0.0965. The zero-order valence-electron chi connectivity index (χ0n) is 14.0. The van der Waals surface area contributed by atoms with Gasteiger partial charge in [-0.25, -0.2) is 4.98 Å². The van der Waals surface area contributed by atoms with Gasteiger partial charge in [0.15, 0.2) is 0 Å². The fraction of sp³-hybridized carbons (Fsp3) is 0.278. The molecule has 0 saturated carbocycles. The average molecular weight is 389 g/mol. The van der Waals surface area contributed by atoms with Crippen LogP contribution in [0.2, 0.25) is 5.02 Å². The molecule has 1 aliphatic heterocycles. The van der Waals surface area contributed by atoms with Crippen LogP contribution in [0.25, 0.3) is 10.6 Å². The quantitative estimate of drug-likeness (QED) is 0.685. The molecule has 3 aromatic rings. The number of carbonyl (C=O) groups excluding carboxylic acids is 1. The van der Waals surface area contributed by atoms with Crippen LogP contribution in [-0.4, -0.2) is 52.0 Å². The number of nitrogens with zero attached hydrogens (tertiary/aromatic N) is 4. The van der Waals surface area contributed by atoms with Gasteiger partial charge in [-0.1, -0.05) is 28.9 Å². The molecule has 1 fully saturated rings. The van der Waals surface area contributed by atoms with Crippen molar-refractivity contribution in [2.24, 2.45) is 0 Å². The largest absolute Gasteiger partial charge is 0.351 e. The molecular weight excluding hydrogens is 372 g/mol. The van der Waals surface area contributed by atoms with E-state index in [9.17, 15) is 4.79 Å². The molecular formula is C18H17ClN4O2S. The van der Waals surface area contributed by atoms with Crippen LogP contribution in [0.4, 0.5) is 0 Å². The minimum absolute atomic E-state index is 0.0965. The first-order chi connectivity index (χ1) is 12.7. The zero-order valence-corrected chi connectivity index (χ0v) is 15.5. The van der Waals surface area contributed by atoms with Gasteiger partial charge in [0.2, 0.25) is 5.76 Å². The van der Waals surface area contributed by atoms with Crippen LogP contribution in [0.1, 0.15) is 16.2 Å². The summed E-state index contributed by atoms with van der Waals surface area (Å²) in [4.78, 5) is 21.1. The first-order valence-corrected chi connectivity index (χ1v) is 9.57. The Kier molecular flexibility index (Phi) is 5.01. The monoisotopic (exact) mass is 388 g/mol. The average Bonchev–Trinajstić information content (AvgIpc) is 3.35. The van der Waals surface area contributed by atoms with E-state index in [4.69, 9.17) is 21.1 Å². The summed E-state index contributed by atoms with van der Waals surface area (Å²) in [5, 5.41) is 7.41. The fourth-order valence-electron chi connectivity index (χ4n) is 2.92. The Morgan fingerprint density at radius 1 is 1.15 bits per heavy atom. The van der Waals surface area contributed by atoms with Gasteiger partial charge in [0.1, 0.15) is 5.01 Å². The summed E-state index contributed by atoms with van der Waals surface area (Å²) < 4.78 is 4.95. The number of amides is 1. The molecule has 8 heteroatoms. The van der Waals surface area contributed by atoms with E-state index >= 15 is 0 Å². The number of hydrogen-bond acceptors (Lipinski definition) is 6. The van der Waals surface area contributed by atoms with Gasteiger partial charge in [0.25, 0.3) is 5.91 Å². The third kappa shape index (κ3) is 3.80. The Hall–Kier alpha value is -2.22. The van der Waals surface area contributed by atoms with Crippen molar-refractivity contribution in [2.45, 2.75) is 6.54 Å². The molecule has 0 spiro atoms. The van der Waals surface area contributed by atoms with Gasteiger partial charge in [-0.3, -0.25) is 9.69 Å². The van der Waals surface area contributed by atoms with E-state index in [0.29, 0.717) is 18.8 Å². The van der Waals surface area contributed by atoms with E-state index < -0.39 is 0 Å². The van der Waals surface area contributed by atoms with Crippen LogP contribution in [0.3, 0.4) is 0 Å². The number of piperazine rings is 1. The van der Waals surface area contributed by atoms with E-state index in [1.165, 1.54) is 6.20 Å². The topological polar surface area (TPSA) is 62.5 Å². The van der Waals surface area contributed by atoms with Gasteiger partial charge in [-0.05, 0) is 12.1 Å². The Balaban J connectivity index is 1.33. The lowest BCUT2D eigenvalue weighted by molar-refractivity contribution is 0.0587. The summed E-state index contributed by atoms with van der Waals surface area (Å²) in [5.41, 5.74) is 2.13. The van der Waals surface area contributed by atoms with Crippen molar-refractivity contribution < 1.29 is 9.32 Å². The first-order valence-electron chi connectivity index (χ1n) is 8.32. The normalized spacial score (nSPS) is 15.3. The van der Waals surface area contributed by atoms with E-state index in [1.54, 1.807) is 22.3 Å². The molecule has 1 aromatic carbocycles. The molecule has 0 atom stereocenters. The predicted octanol–water partition coefficient (Wildman–Crippen LogP) is 3.41. The molecule has 3 heterocycles. The number of benzene rings is 1. The fourth-order valence-corrected chi connectivity index (χ4v) is 3.87. The van der Waals surface area contributed by atoms with Gasteiger partial charge in [-0.15, -0.1) is 11.3 Å². The summed E-state index contributed by atoms with van der Waals surface area (Å²) in [6.07, 6.45) is 1.49. The van der Waals surface area contributed by atoms with Crippen molar-refractivity contribution >= 4 is 28.8 Å². The van der Waals surface area contributed by atoms with Crippen LogP contribution >= 0.6 is 22.9 Å². The van der Waals surface area contributed by atoms with Gasteiger partial charge >= 0.3 is 0 Å². The van der Waals surface area contributed by atoms with Crippen molar-refractivity contribution in [3.8, 4) is 10.6 Å². The lowest BCUT2D eigenvalue weighted by Gasteiger charge is -2.33. The van der Waals surface area contributed by atoms with Crippen LogP contribution in [0.15, 0.2) is 46.4 Å². The van der Waals surface area contributed by atoms with Crippen LogP contribution in [-0.2, 0) is 6.54 Å². The van der Waals surface area contributed by atoms with E-state index in [1.807, 2.05) is 24.3 Å². The highest BCUT2D eigenvalue weighted by molar-refractivity contribution is 7.13. The SMILES string of the molecule is O=C(c1ccno1)N1CCN(Cc2csc(-c3ccc(Cl)cc3)n2)CC1. The molecule has 0 N–H and O–H groups in total. The van der Waals surface area contributed by atoms with Crippen molar-refractivity contribution in [3.05, 3.63) is 58.4 Å². The number of thiazole rings is 1. The second-order valence-electron chi connectivity index (χ2n) is 6.10. The standard InChI is InChI=1S/C18H17ClN4O2S/c19-14-3-1-13(2-4-14)17-21-15(12-26-17)11-22-7-9-23(10-8-22)18(24)16-5-6-20-25-16/h1-6,12H,7-11H2. The molecule has 26 heavy (non-hydrogen) atoms. The Bertz CT molecular complexity index is 871. The van der Waals surface area contributed by atoms with Crippen molar-refractivity contribution in [1.82, 2.24) is 19.9 Å². The number of halogens is 1. The molecule has 6 nitrogen and oxygen atoms in total. The highest BCUT2D eigenvalue weighted by Crippen LogP contribution is 2.25. The van der Waals surface area contributed by atoms with Gasteiger partial charge in [0.05, 0.1) is 11.9 Å². The summed E-state index contributed by atoms with van der Waals surface area (Å²) in [7, 11) is 0. The van der Waals surface area contributed by atoms with Crippen LogP contribution in [0.5, 0.6) is 0 Å². The molecule has 0 aliphatic carbocycles. The lowest BCUT2D eigenvalue weighted by atomic mass is 10.2. The number of carbonyl (C=O) groups is 1. The van der Waals surface area contributed by atoms with Gasteiger partial charge < -0.3 is 9.42 Å². The van der Waals surface area contributed by atoms with Crippen LogP contribution < -0.4 is 0 Å². The summed E-state index contributed by atoms with van der Waals surface area (Å²) in [6.45, 7) is 3.76. The van der Waals surface area contributed by atoms with E-state index in [2.05, 4.69) is 15.4 Å². The van der Waals surface area contributed by atoms with Gasteiger partial charge in [-0.2, -0.15) is 0 Å². The molecule has 2 aromatic heterocycles. The molecule has 0 bridgehead atoms. The summed E-state index contributed by atoms with van der Waals surface area (Å²) in [5.74, 6) is 0.200. The molecule has 0 unspecified atom stereocenters. The third-order valence-corrected chi connectivity index (χ3v) is 5.53. The molecule has 134 valence electrons. The Morgan fingerprint density at radius 2 is 1.92 bits per heavy atom. The number of hydrogen-bond donors (Lipinski definition) is 0. The summed E-state index contributed by atoms with van der Waals surface area (Å²) in [6, 6.07) is 9.32. The number of aromatic nitrogens is 2. The van der Waals surface area contributed by atoms with Crippen molar-refractivity contribution in [3.63, 3.8) is 0 Å². The maximum Gasteiger partial charge on any atom is 0.292 e. The predicted molar refractivity (Wildman–Crippen MR) is 100 cm³/mol. The first kappa shape index (κ1) is 17.2. The smallest absolute Gasteiger partial charge is 0.292 e. The van der Waals surface area contributed by atoms with Crippen LogP contribution in [0, 0.1) is 0 Å². The molecule has 1 aliphatic rings. The molecule has 0 radical (unpaired) electrons. The number of rotatable bonds is 4. The third-order valence-electron chi connectivity index (χ3n) is 4.34. The second-order valence-corrected chi connectivity index (χ2v) is 7.39. The van der Waals surface area contributed by atoms with E-state index in [0.717, 1.165) is 40.9 Å². The highest BCUT2D eigenvalue weighted by Gasteiger charge is 2.24. The molecule has 4 rings (SSSR count). The molecule has 1 saturated heterocycles. The van der Waals surface area contributed by atoms with Crippen molar-refractivity contribution in [1.29, 1.82) is 0 Å². The summed E-state index contributed by atoms with van der Waals surface area (Å²) >= 11 is 7.57. The second kappa shape index (κ2) is 7.57. The van der Waals surface area contributed by atoms with Gasteiger partial charge in [0, 0.05) is 54.8 Å². The zero-order chi connectivity index (χ0) is 17.9. The maximum absolute atomic E-state index is 12.3.